The molecule has 184 valence electrons. The molecule has 2 unspecified atom stereocenters. The Morgan fingerprint density at radius 3 is 1.82 bits per heavy atom. The highest BCUT2D eigenvalue weighted by Gasteiger charge is 2.30. The molecule has 2 heterocycles. The second kappa shape index (κ2) is 11.7. The standard InChI is InChI=1S/C28H36O6/c1-3-4-5-16-30-27(29)14-15-28(2,21-6-10-23(11-7-21)31-17-25-19-33-25)22-8-12-24(13-9-22)32-18-26-20-34-26/h6-13,25-26H,3-5,14-20H2,1-2H3. The fraction of sp³-hybridized carbons (Fsp3) is 0.536. The summed E-state index contributed by atoms with van der Waals surface area (Å²) in [5.41, 5.74) is 1.89. The lowest BCUT2D eigenvalue weighted by Gasteiger charge is -2.31. The van der Waals surface area contributed by atoms with Crippen LogP contribution in [0.5, 0.6) is 11.5 Å². The molecule has 6 heteroatoms. The molecule has 0 aliphatic carbocycles. The predicted molar refractivity (Wildman–Crippen MR) is 130 cm³/mol. The quantitative estimate of drug-likeness (QED) is 0.207. The topological polar surface area (TPSA) is 69.8 Å². The number of benzene rings is 2. The van der Waals surface area contributed by atoms with E-state index in [2.05, 4.69) is 38.1 Å². The molecule has 0 saturated carbocycles. The maximum atomic E-state index is 12.4. The van der Waals surface area contributed by atoms with Crippen LogP contribution in [0.3, 0.4) is 0 Å². The van der Waals surface area contributed by atoms with E-state index < -0.39 is 0 Å². The lowest BCUT2D eigenvalue weighted by Crippen LogP contribution is -2.25. The monoisotopic (exact) mass is 468 g/mol. The number of rotatable bonds is 15. The number of hydrogen-bond acceptors (Lipinski definition) is 6. The van der Waals surface area contributed by atoms with Crippen LogP contribution >= 0.6 is 0 Å². The van der Waals surface area contributed by atoms with E-state index in [-0.39, 0.29) is 23.6 Å². The van der Waals surface area contributed by atoms with E-state index in [9.17, 15) is 4.79 Å². The molecule has 4 rings (SSSR count). The number of epoxide rings is 2. The minimum absolute atomic E-state index is 0.142. The van der Waals surface area contributed by atoms with Crippen molar-refractivity contribution in [3.8, 4) is 11.5 Å². The Labute approximate surface area is 202 Å². The SMILES string of the molecule is CCCCCOC(=O)CCC(C)(c1ccc(OCC2CO2)cc1)c1ccc(OCC2CO2)cc1. The van der Waals surface area contributed by atoms with Crippen LogP contribution in [0.4, 0.5) is 0 Å². The van der Waals surface area contributed by atoms with Crippen molar-refractivity contribution >= 4 is 5.97 Å². The average Bonchev–Trinajstić information content (AvgIpc) is 3.78. The molecule has 6 nitrogen and oxygen atoms in total. The lowest BCUT2D eigenvalue weighted by molar-refractivity contribution is -0.144. The van der Waals surface area contributed by atoms with E-state index in [0.29, 0.717) is 32.7 Å². The number of unbranched alkanes of at least 4 members (excludes halogenated alkanes) is 2. The predicted octanol–water partition coefficient (Wildman–Crippen LogP) is 5.06. The van der Waals surface area contributed by atoms with Crippen molar-refractivity contribution in [2.75, 3.05) is 33.0 Å². The zero-order valence-corrected chi connectivity index (χ0v) is 20.3. The number of ether oxygens (including phenoxy) is 5. The largest absolute Gasteiger partial charge is 0.491 e. The van der Waals surface area contributed by atoms with Crippen molar-refractivity contribution in [1.29, 1.82) is 0 Å². The second-order valence-electron chi connectivity index (χ2n) is 9.34. The van der Waals surface area contributed by atoms with E-state index >= 15 is 0 Å². The van der Waals surface area contributed by atoms with Crippen molar-refractivity contribution < 1.29 is 28.5 Å². The summed E-state index contributed by atoms with van der Waals surface area (Å²) in [5, 5.41) is 0. The van der Waals surface area contributed by atoms with E-state index in [1.807, 2.05) is 24.3 Å². The highest BCUT2D eigenvalue weighted by Crippen LogP contribution is 2.38. The van der Waals surface area contributed by atoms with Crippen LogP contribution in [0, 0.1) is 0 Å². The van der Waals surface area contributed by atoms with Gasteiger partial charge in [-0.3, -0.25) is 4.79 Å². The number of esters is 1. The second-order valence-corrected chi connectivity index (χ2v) is 9.34. The van der Waals surface area contributed by atoms with E-state index in [0.717, 1.165) is 55.1 Å². The summed E-state index contributed by atoms with van der Waals surface area (Å²) in [6.07, 6.45) is 4.55. The van der Waals surface area contributed by atoms with Crippen LogP contribution in [-0.4, -0.2) is 51.2 Å². The first-order valence-corrected chi connectivity index (χ1v) is 12.4. The van der Waals surface area contributed by atoms with Crippen LogP contribution in [0.2, 0.25) is 0 Å². The van der Waals surface area contributed by atoms with Crippen molar-refractivity contribution in [3.05, 3.63) is 59.7 Å². The molecule has 0 aromatic heterocycles. The Balaban J connectivity index is 1.44. The Bertz CT molecular complexity index is 840. The molecule has 34 heavy (non-hydrogen) atoms. The summed E-state index contributed by atoms with van der Waals surface area (Å²) in [4.78, 5) is 12.4. The molecule has 2 atom stereocenters. The molecular formula is C28H36O6. The van der Waals surface area contributed by atoms with Crippen LogP contribution in [0.1, 0.15) is 57.1 Å². The van der Waals surface area contributed by atoms with Crippen LogP contribution in [0.25, 0.3) is 0 Å². The van der Waals surface area contributed by atoms with Gasteiger partial charge in [0.05, 0.1) is 19.8 Å². The normalized spacial score (nSPS) is 20.3. The molecule has 2 aromatic carbocycles. The van der Waals surface area contributed by atoms with Gasteiger partial charge in [0.2, 0.25) is 0 Å². The first-order chi connectivity index (χ1) is 16.6. The maximum Gasteiger partial charge on any atom is 0.305 e. The smallest absolute Gasteiger partial charge is 0.305 e. The molecular weight excluding hydrogens is 432 g/mol. The summed E-state index contributed by atoms with van der Waals surface area (Å²) in [5.74, 6) is 1.50. The number of hydrogen-bond donors (Lipinski definition) is 0. The summed E-state index contributed by atoms with van der Waals surface area (Å²) in [7, 11) is 0. The zero-order valence-electron chi connectivity index (χ0n) is 20.3. The van der Waals surface area contributed by atoms with Crippen LogP contribution < -0.4 is 9.47 Å². The van der Waals surface area contributed by atoms with E-state index in [1.54, 1.807) is 0 Å². The third kappa shape index (κ3) is 7.21. The fourth-order valence-electron chi connectivity index (χ4n) is 3.96. The highest BCUT2D eigenvalue weighted by atomic mass is 16.6. The van der Waals surface area contributed by atoms with Gasteiger partial charge in [0.25, 0.3) is 0 Å². The minimum atomic E-state index is -0.362. The molecule has 2 saturated heterocycles. The molecule has 0 N–H and O–H groups in total. The van der Waals surface area contributed by atoms with E-state index in [4.69, 9.17) is 23.7 Å². The minimum Gasteiger partial charge on any atom is -0.491 e. The molecule has 2 aliphatic heterocycles. The van der Waals surface area contributed by atoms with Crippen molar-refractivity contribution in [2.24, 2.45) is 0 Å². The van der Waals surface area contributed by atoms with Gasteiger partial charge >= 0.3 is 5.97 Å². The molecule has 0 radical (unpaired) electrons. The number of carbonyl (C=O) groups excluding carboxylic acids is 1. The Kier molecular flexibility index (Phi) is 8.46. The third-order valence-electron chi connectivity index (χ3n) is 6.50. The van der Waals surface area contributed by atoms with Gasteiger partial charge in [0.15, 0.2) is 0 Å². The average molecular weight is 469 g/mol. The van der Waals surface area contributed by atoms with Gasteiger partial charge in [-0.1, -0.05) is 51.0 Å². The number of carbonyl (C=O) groups is 1. The van der Waals surface area contributed by atoms with Gasteiger partial charge in [-0.2, -0.15) is 0 Å². The Hall–Kier alpha value is -2.57. The van der Waals surface area contributed by atoms with Gasteiger partial charge in [0, 0.05) is 11.8 Å². The van der Waals surface area contributed by atoms with Crippen molar-refractivity contribution in [3.63, 3.8) is 0 Å². The van der Waals surface area contributed by atoms with Crippen molar-refractivity contribution in [2.45, 2.75) is 63.6 Å². The van der Waals surface area contributed by atoms with Gasteiger partial charge in [-0.05, 0) is 48.2 Å². The molecule has 2 aliphatic rings. The van der Waals surface area contributed by atoms with Gasteiger partial charge in [-0.25, -0.2) is 0 Å². The van der Waals surface area contributed by atoms with Gasteiger partial charge in [0.1, 0.15) is 36.9 Å². The summed E-state index contributed by atoms with van der Waals surface area (Å²) >= 11 is 0. The highest BCUT2D eigenvalue weighted by molar-refractivity contribution is 5.69. The van der Waals surface area contributed by atoms with Gasteiger partial charge in [-0.15, -0.1) is 0 Å². The fourth-order valence-corrected chi connectivity index (χ4v) is 3.96. The lowest BCUT2D eigenvalue weighted by atomic mass is 9.73. The van der Waals surface area contributed by atoms with Gasteiger partial charge < -0.3 is 23.7 Å². The third-order valence-corrected chi connectivity index (χ3v) is 6.50. The molecule has 2 aromatic rings. The van der Waals surface area contributed by atoms with E-state index in [1.165, 1.54) is 0 Å². The summed E-state index contributed by atoms with van der Waals surface area (Å²) < 4.78 is 27.5. The zero-order chi connectivity index (χ0) is 23.8. The Morgan fingerprint density at radius 2 is 1.38 bits per heavy atom. The molecule has 0 spiro atoms. The van der Waals surface area contributed by atoms with Crippen LogP contribution in [0.15, 0.2) is 48.5 Å². The first-order valence-electron chi connectivity index (χ1n) is 12.4. The molecule has 0 amide bonds. The molecule has 2 fully saturated rings. The molecule has 0 bridgehead atoms. The Morgan fingerprint density at radius 1 is 0.882 bits per heavy atom. The summed E-state index contributed by atoms with van der Waals surface area (Å²) in [6, 6.07) is 16.3. The summed E-state index contributed by atoms with van der Waals surface area (Å²) in [6.45, 7) is 7.52. The first kappa shape index (κ1) is 24.6. The van der Waals surface area contributed by atoms with Crippen molar-refractivity contribution in [1.82, 2.24) is 0 Å². The van der Waals surface area contributed by atoms with Crippen LogP contribution in [-0.2, 0) is 24.4 Å². The maximum absolute atomic E-state index is 12.4.